The smallest absolute Gasteiger partial charge is 0.326 e. The van der Waals surface area contributed by atoms with Crippen LogP contribution in [0.4, 0.5) is 0 Å². The number of carboxylic acids is 2. The zero-order valence-corrected chi connectivity index (χ0v) is 17.1. The first-order valence-corrected chi connectivity index (χ1v) is 9.89. The van der Waals surface area contributed by atoms with E-state index in [9.17, 15) is 22.8 Å². The van der Waals surface area contributed by atoms with E-state index in [0.29, 0.717) is 0 Å². The number of halogens is 3. The van der Waals surface area contributed by atoms with Crippen molar-refractivity contribution in [2.24, 2.45) is 0 Å². The van der Waals surface area contributed by atoms with E-state index >= 15 is 0 Å². The summed E-state index contributed by atoms with van der Waals surface area (Å²) in [7, 11) is -3.94. The van der Waals surface area contributed by atoms with E-state index in [4.69, 9.17) is 10.2 Å². The van der Waals surface area contributed by atoms with Gasteiger partial charge in [-0.1, -0.05) is 6.07 Å². The predicted molar refractivity (Wildman–Crippen MR) is 94.3 cm³/mol. The molecule has 3 N–H and O–H groups in total. The number of aliphatic carboxylic acids is 2. The molecule has 0 fully saturated rings. The third kappa shape index (κ3) is 5.26. The van der Waals surface area contributed by atoms with Crippen molar-refractivity contribution in [3.05, 3.63) is 29.8 Å². The van der Waals surface area contributed by atoms with Gasteiger partial charge in [-0.05, 0) is 66.0 Å². The summed E-state index contributed by atoms with van der Waals surface area (Å²) >= 11 is 8.66. The van der Waals surface area contributed by atoms with E-state index in [1.165, 1.54) is 18.2 Å². The topological polar surface area (TPSA) is 138 Å². The molecule has 132 valence electrons. The summed E-state index contributed by atoms with van der Waals surface area (Å²) in [6.45, 7) is 0. The fraction of sp³-hybridized carbons (Fsp3) is 0.250. The van der Waals surface area contributed by atoms with Crippen LogP contribution in [0.3, 0.4) is 0 Å². The molecule has 0 heterocycles. The van der Waals surface area contributed by atoms with Gasteiger partial charge in [-0.15, -0.1) is 0 Å². The Hall–Kier alpha value is -0.980. The average molecular weight is 552 g/mol. The van der Waals surface area contributed by atoms with Crippen molar-refractivity contribution in [1.29, 1.82) is 0 Å². The molecular formula is C12H10Br3NO7S. The summed E-state index contributed by atoms with van der Waals surface area (Å²) in [5.74, 6) is -3.83. The Morgan fingerprint density at radius 2 is 1.75 bits per heavy atom. The third-order valence-corrected chi connectivity index (χ3v) is 8.01. The van der Waals surface area contributed by atoms with Gasteiger partial charge in [-0.3, -0.25) is 9.59 Å². The number of rotatable bonds is 6. The van der Waals surface area contributed by atoms with Gasteiger partial charge in [-0.2, -0.15) is 0 Å². The number of alkyl halides is 3. The average Bonchev–Trinajstić information content (AvgIpc) is 2.44. The molecule has 0 bridgehead atoms. The summed E-state index contributed by atoms with van der Waals surface area (Å²) in [6.07, 6.45) is -0.813. The summed E-state index contributed by atoms with van der Waals surface area (Å²) in [5, 5.41) is 19.6. The maximum Gasteiger partial charge on any atom is 0.326 e. The van der Waals surface area contributed by atoms with Gasteiger partial charge in [0.25, 0.3) is 5.91 Å². The van der Waals surface area contributed by atoms with Crippen LogP contribution in [0.25, 0.3) is 0 Å². The normalized spacial score (nSPS) is 13.1. The third-order valence-electron chi connectivity index (χ3n) is 2.69. The minimum Gasteiger partial charge on any atom is -0.481 e. The van der Waals surface area contributed by atoms with Crippen molar-refractivity contribution in [3.8, 4) is 0 Å². The molecule has 0 saturated heterocycles. The second kappa shape index (κ2) is 7.93. The van der Waals surface area contributed by atoms with Crippen molar-refractivity contribution in [1.82, 2.24) is 5.32 Å². The molecule has 1 rings (SSSR count). The van der Waals surface area contributed by atoms with Crippen LogP contribution in [0.15, 0.2) is 29.2 Å². The van der Waals surface area contributed by atoms with Gasteiger partial charge in [0, 0.05) is 5.56 Å². The van der Waals surface area contributed by atoms with Crippen molar-refractivity contribution >= 4 is 75.5 Å². The molecule has 0 spiro atoms. The number of hydrogen-bond acceptors (Lipinski definition) is 5. The zero-order chi connectivity index (χ0) is 18.7. The largest absolute Gasteiger partial charge is 0.481 e. The van der Waals surface area contributed by atoms with Crippen LogP contribution < -0.4 is 5.32 Å². The van der Waals surface area contributed by atoms with Crippen LogP contribution in [0, 0.1) is 0 Å². The lowest BCUT2D eigenvalue weighted by molar-refractivity contribution is -0.145. The lowest BCUT2D eigenvalue weighted by Gasteiger charge is -2.15. The molecule has 1 atom stereocenters. The lowest BCUT2D eigenvalue weighted by atomic mass is 10.1. The standard InChI is InChI=1S/C12H10Br3NO7S/c13-12(14,15)24(22,23)7-3-1-2-6(4-7)10(19)16-8(11(20)21)5-9(17)18/h1-4,8H,5H2,(H,16,19)(H,17,18)(H,20,21). The molecule has 0 aromatic heterocycles. The Morgan fingerprint density at radius 1 is 1.17 bits per heavy atom. The Kier molecular flexibility index (Phi) is 6.96. The first-order chi connectivity index (χ1) is 10.9. The van der Waals surface area contributed by atoms with Crippen LogP contribution in [-0.4, -0.2) is 44.0 Å². The van der Waals surface area contributed by atoms with Crippen molar-refractivity contribution in [2.45, 2.75) is 18.8 Å². The number of amides is 1. The molecule has 0 aliphatic rings. The molecule has 1 aromatic carbocycles. The number of benzene rings is 1. The maximum absolute atomic E-state index is 12.3. The Bertz CT molecular complexity index is 773. The van der Waals surface area contributed by atoms with Gasteiger partial charge in [0.05, 0.1) is 11.3 Å². The van der Waals surface area contributed by atoms with Crippen LogP contribution in [0.5, 0.6) is 0 Å². The Morgan fingerprint density at radius 3 is 2.21 bits per heavy atom. The van der Waals surface area contributed by atoms with E-state index < -0.39 is 41.6 Å². The first kappa shape index (κ1) is 21.1. The molecule has 8 nitrogen and oxygen atoms in total. The molecule has 12 heteroatoms. The Labute approximate surface area is 161 Å². The predicted octanol–water partition coefficient (Wildman–Crippen LogP) is 1.91. The number of carboxylic acid groups (broad SMARTS) is 2. The van der Waals surface area contributed by atoms with Gasteiger partial charge >= 0.3 is 11.9 Å². The highest BCUT2D eigenvalue weighted by atomic mass is 80.0. The molecule has 24 heavy (non-hydrogen) atoms. The fourth-order valence-electron chi connectivity index (χ4n) is 1.55. The highest BCUT2D eigenvalue weighted by Gasteiger charge is 2.37. The number of hydrogen-bond donors (Lipinski definition) is 3. The van der Waals surface area contributed by atoms with Gasteiger partial charge in [0.15, 0.2) is 0 Å². The van der Waals surface area contributed by atoms with E-state index in [-0.39, 0.29) is 10.5 Å². The zero-order valence-electron chi connectivity index (χ0n) is 11.6. The van der Waals surface area contributed by atoms with Gasteiger partial charge in [-0.25, -0.2) is 13.2 Å². The Balaban J connectivity index is 3.12. The molecule has 0 radical (unpaired) electrons. The SMILES string of the molecule is O=C(O)CC(NC(=O)c1cccc(S(=O)(=O)C(Br)(Br)Br)c1)C(=O)O. The van der Waals surface area contributed by atoms with Crippen LogP contribution in [0.1, 0.15) is 16.8 Å². The first-order valence-electron chi connectivity index (χ1n) is 6.03. The van der Waals surface area contributed by atoms with Crippen LogP contribution >= 0.6 is 47.8 Å². The lowest BCUT2D eigenvalue weighted by Crippen LogP contribution is -2.42. The number of nitrogens with one attached hydrogen (secondary N) is 1. The monoisotopic (exact) mass is 549 g/mol. The molecular weight excluding hydrogens is 542 g/mol. The quantitative estimate of drug-likeness (QED) is 0.459. The molecule has 1 unspecified atom stereocenters. The molecule has 0 aliphatic heterocycles. The van der Waals surface area contributed by atoms with Crippen LogP contribution in [0.2, 0.25) is 0 Å². The van der Waals surface area contributed by atoms with Crippen LogP contribution in [-0.2, 0) is 19.4 Å². The fourth-order valence-corrected chi connectivity index (χ4v) is 4.04. The summed E-state index contributed by atoms with van der Waals surface area (Å²) < 4.78 is 22.9. The van der Waals surface area contributed by atoms with Crippen molar-refractivity contribution in [3.63, 3.8) is 0 Å². The van der Waals surface area contributed by atoms with Gasteiger partial charge in [0.2, 0.25) is 11.3 Å². The van der Waals surface area contributed by atoms with Crippen molar-refractivity contribution < 1.29 is 33.0 Å². The summed E-state index contributed by atoms with van der Waals surface area (Å²) in [4.78, 5) is 33.4. The summed E-state index contributed by atoms with van der Waals surface area (Å²) in [5.41, 5.74) is -0.135. The number of carbonyl (C=O) groups is 3. The van der Waals surface area contributed by atoms with E-state index in [1.807, 2.05) is 5.32 Å². The highest BCUT2D eigenvalue weighted by molar-refractivity contribution is 9.42. The maximum atomic E-state index is 12.3. The summed E-state index contributed by atoms with van der Waals surface area (Å²) in [6, 6.07) is 3.22. The number of sulfone groups is 1. The van der Waals surface area contributed by atoms with E-state index in [1.54, 1.807) is 0 Å². The molecule has 0 saturated carbocycles. The highest BCUT2D eigenvalue weighted by Crippen LogP contribution is 2.43. The van der Waals surface area contributed by atoms with Gasteiger partial charge < -0.3 is 15.5 Å². The second-order valence-corrected chi connectivity index (χ2v) is 14.9. The molecule has 1 aromatic rings. The van der Waals surface area contributed by atoms with Crippen molar-refractivity contribution in [2.75, 3.05) is 0 Å². The van der Waals surface area contributed by atoms with E-state index in [0.717, 1.165) is 6.07 Å². The second-order valence-electron chi connectivity index (χ2n) is 4.44. The number of carbonyl (C=O) groups excluding carboxylic acids is 1. The van der Waals surface area contributed by atoms with E-state index in [2.05, 4.69) is 47.8 Å². The molecule has 0 aliphatic carbocycles. The van der Waals surface area contributed by atoms with Gasteiger partial charge in [0.1, 0.15) is 6.04 Å². The minimum absolute atomic E-state index is 0.135. The minimum atomic E-state index is -3.94. The molecule has 1 amide bonds.